The monoisotopic (exact) mass is 201 g/mol. The molecule has 0 saturated carbocycles. The lowest BCUT2D eigenvalue weighted by Crippen LogP contribution is -2.39. The van der Waals surface area contributed by atoms with Crippen LogP contribution in [0.5, 0.6) is 0 Å². The average molecular weight is 201 g/mol. The molecule has 0 spiro atoms. The summed E-state index contributed by atoms with van der Waals surface area (Å²) in [5, 5.41) is 7.94. The van der Waals surface area contributed by atoms with Crippen molar-refractivity contribution in [2.75, 3.05) is 26.7 Å². The maximum absolute atomic E-state index is 11.1. The van der Waals surface area contributed by atoms with E-state index in [4.69, 9.17) is 0 Å². The molecule has 0 aliphatic carbocycles. The Kier molecular flexibility index (Phi) is 7.83. The lowest BCUT2D eigenvalue weighted by atomic mass is 10.3. The third-order valence-electron chi connectivity index (χ3n) is 1.70. The van der Waals surface area contributed by atoms with Crippen LogP contribution in [0.1, 0.15) is 19.8 Å². The predicted molar refractivity (Wildman–Crippen MR) is 54.9 cm³/mol. The first-order chi connectivity index (χ1) is 6.70. The van der Waals surface area contributed by atoms with Gasteiger partial charge >= 0.3 is 0 Å². The fourth-order valence-corrected chi connectivity index (χ4v) is 0.845. The lowest BCUT2D eigenvalue weighted by Gasteiger charge is -2.05. The van der Waals surface area contributed by atoms with E-state index in [2.05, 4.69) is 22.9 Å². The van der Waals surface area contributed by atoms with Crippen LogP contribution >= 0.6 is 0 Å². The zero-order chi connectivity index (χ0) is 10.8. The van der Waals surface area contributed by atoms with Crippen molar-refractivity contribution in [3.05, 3.63) is 0 Å². The lowest BCUT2D eigenvalue weighted by molar-refractivity contribution is -0.121. The SMILES string of the molecule is CCCCNC(=O)CNCC(=O)NC. The summed E-state index contributed by atoms with van der Waals surface area (Å²) in [6.45, 7) is 3.14. The number of nitrogens with one attached hydrogen (secondary N) is 3. The van der Waals surface area contributed by atoms with Crippen LogP contribution in [0.3, 0.4) is 0 Å². The van der Waals surface area contributed by atoms with E-state index in [0.29, 0.717) is 6.54 Å². The third kappa shape index (κ3) is 7.54. The van der Waals surface area contributed by atoms with Crippen molar-refractivity contribution in [1.82, 2.24) is 16.0 Å². The molecule has 0 rings (SSSR count). The van der Waals surface area contributed by atoms with Gasteiger partial charge in [0.05, 0.1) is 13.1 Å². The summed E-state index contributed by atoms with van der Waals surface area (Å²) in [6.07, 6.45) is 2.05. The van der Waals surface area contributed by atoms with Gasteiger partial charge in [0.25, 0.3) is 0 Å². The molecule has 0 bridgehead atoms. The number of hydrogen-bond acceptors (Lipinski definition) is 3. The molecular formula is C9H19N3O2. The summed E-state index contributed by atoms with van der Waals surface area (Å²) in [5.41, 5.74) is 0. The second-order valence-electron chi connectivity index (χ2n) is 2.98. The zero-order valence-electron chi connectivity index (χ0n) is 8.85. The Morgan fingerprint density at radius 1 is 1.14 bits per heavy atom. The Labute approximate surface area is 84.6 Å². The van der Waals surface area contributed by atoms with Crippen molar-refractivity contribution >= 4 is 11.8 Å². The molecule has 0 aromatic rings. The van der Waals surface area contributed by atoms with Gasteiger partial charge in [-0.05, 0) is 6.42 Å². The predicted octanol–water partition coefficient (Wildman–Crippen LogP) is -0.762. The minimum atomic E-state index is -0.119. The van der Waals surface area contributed by atoms with Gasteiger partial charge in [0, 0.05) is 13.6 Å². The molecule has 2 amide bonds. The van der Waals surface area contributed by atoms with Crippen LogP contribution in [-0.4, -0.2) is 38.5 Å². The molecule has 0 aromatic carbocycles. The van der Waals surface area contributed by atoms with Gasteiger partial charge in [0.15, 0.2) is 0 Å². The number of carbonyl (C=O) groups is 2. The van der Waals surface area contributed by atoms with Gasteiger partial charge in [-0.2, -0.15) is 0 Å². The van der Waals surface area contributed by atoms with Gasteiger partial charge in [-0.1, -0.05) is 13.3 Å². The fourth-order valence-electron chi connectivity index (χ4n) is 0.845. The Hall–Kier alpha value is -1.10. The van der Waals surface area contributed by atoms with Crippen molar-refractivity contribution in [1.29, 1.82) is 0 Å². The van der Waals surface area contributed by atoms with Gasteiger partial charge in [-0.15, -0.1) is 0 Å². The van der Waals surface area contributed by atoms with Crippen LogP contribution in [0.15, 0.2) is 0 Å². The first-order valence-electron chi connectivity index (χ1n) is 4.88. The van der Waals surface area contributed by atoms with E-state index in [9.17, 15) is 9.59 Å². The first kappa shape index (κ1) is 12.9. The second kappa shape index (κ2) is 8.50. The Balaban J connectivity index is 3.31. The number of rotatable bonds is 7. The molecule has 82 valence electrons. The summed E-state index contributed by atoms with van der Waals surface area (Å²) in [5.74, 6) is -0.186. The molecule has 0 unspecified atom stereocenters. The van der Waals surface area contributed by atoms with Gasteiger partial charge in [-0.3, -0.25) is 14.9 Å². The molecule has 0 radical (unpaired) electrons. The Morgan fingerprint density at radius 2 is 1.79 bits per heavy atom. The molecule has 0 aliphatic heterocycles. The van der Waals surface area contributed by atoms with Crippen molar-refractivity contribution in [2.24, 2.45) is 0 Å². The number of carbonyl (C=O) groups excluding carboxylic acids is 2. The van der Waals surface area contributed by atoms with E-state index in [-0.39, 0.29) is 24.9 Å². The minimum absolute atomic E-state index is 0.0673. The normalized spacial score (nSPS) is 9.57. The van der Waals surface area contributed by atoms with E-state index in [1.165, 1.54) is 0 Å². The number of hydrogen-bond donors (Lipinski definition) is 3. The maximum atomic E-state index is 11.1. The molecule has 0 atom stereocenters. The van der Waals surface area contributed by atoms with E-state index in [1.54, 1.807) is 7.05 Å². The van der Waals surface area contributed by atoms with E-state index >= 15 is 0 Å². The van der Waals surface area contributed by atoms with Crippen molar-refractivity contribution < 1.29 is 9.59 Å². The Bertz CT molecular complexity index is 183. The first-order valence-corrected chi connectivity index (χ1v) is 4.88. The maximum Gasteiger partial charge on any atom is 0.233 e. The number of unbranched alkanes of at least 4 members (excludes halogenated alkanes) is 1. The molecule has 5 heteroatoms. The second-order valence-corrected chi connectivity index (χ2v) is 2.98. The molecule has 5 nitrogen and oxygen atoms in total. The van der Waals surface area contributed by atoms with Gasteiger partial charge in [0.1, 0.15) is 0 Å². The molecule has 0 aliphatic rings. The van der Waals surface area contributed by atoms with Crippen LogP contribution in [0.4, 0.5) is 0 Å². The van der Waals surface area contributed by atoms with Crippen molar-refractivity contribution in [2.45, 2.75) is 19.8 Å². The summed E-state index contributed by atoms with van der Waals surface area (Å²) in [6, 6.07) is 0. The summed E-state index contributed by atoms with van der Waals surface area (Å²) >= 11 is 0. The van der Waals surface area contributed by atoms with Crippen LogP contribution in [0, 0.1) is 0 Å². The molecule has 0 heterocycles. The average Bonchev–Trinajstić information content (AvgIpc) is 2.18. The Morgan fingerprint density at radius 3 is 2.36 bits per heavy atom. The standard InChI is InChI=1S/C9H19N3O2/c1-3-4-5-12-9(14)7-11-6-8(13)10-2/h11H,3-7H2,1-2H3,(H,10,13)(H,12,14). The molecule has 0 saturated heterocycles. The quantitative estimate of drug-likeness (QED) is 0.474. The van der Waals surface area contributed by atoms with Crippen LogP contribution in [0.25, 0.3) is 0 Å². The van der Waals surface area contributed by atoms with Crippen LogP contribution in [0.2, 0.25) is 0 Å². The van der Waals surface area contributed by atoms with Crippen LogP contribution < -0.4 is 16.0 Å². The van der Waals surface area contributed by atoms with Crippen LogP contribution in [-0.2, 0) is 9.59 Å². The highest BCUT2D eigenvalue weighted by Gasteiger charge is 2.01. The topological polar surface area (TPSA) is 70.2 Å². The fraction of sp³-hybridized carbons (Fsp3) is 0.778. The molecular weight excluding hydrogens is 182 g/mol. The molecule has 0 fully saturated rings. The summed E-state index contributed by atoms with van der Waals surface area (Å²) < 4.78 is 0. The summed E-state index contributed by atoms with van der Waals surface area (Å²) in [4.78, 5) is 21.8. The molecule has 14 heavy (non-hydrogen) atoms. The largest absolute Gasteiger partial charge is 0.358 e. The van der Waals surface area contributed by atoms with E-state index in [0.717, 1.165) is 12.8 Å². The molecule has 0 aromatic heterocycles. The highest BCUT2D eigenvalue weighted by atomic mass is 16.2. The third-order valence-corrected chi connectivity index (χ3v) is 1.70. The molecule has 3 N–H and O–H groups in total. The zero-order valence-corrected chi connectivity index (χ0v) is 8.85. The number of likely N-dealkylation sites (N-methyl/N-ethyl adjacent to an activating group) is 1. The minimum Gasteiger partial charge on any atom is -0.358 e. The number of amides is 2. The highest BCUT2D eigenvalue weighted by Crippen LogP contribution is 1.81. The van der Waals surface area contributed by atoms with E-state index in [1.807, 2.05) is 0 Å². The van der Waals surface area contributed by atoms with Crippen molar-refractivity contribution in [3.63, 3.8) is 0 Å². The summed E-state index contributed by atoms with van der Waals surface area (Å²) in [7, 11) is 1.56. The smallest absolute Gasteiger partial charge is 0.233 e. The van der Waals surface area contributed by atoms with Gasteiger partial charge in [0.2, 0.25) is 11.8 Å². The van der Waals surface area contributed by atoms with Gasteiger partial charge < -0.3 is 10.6 Å². The van der Waals surface area contributed by atoms with Crippen molar-refractivity contribution in [3.8, 4) is 0 Å². The van der Waals surface area contributed by atoms with Gasteiger partial charge in [-0.25, -0.2) is 0 Å². The van der Waals surface area contributed by atoms with E-state index < -0.39 is 0 Å². The highest BCUT2D eigenvalue weighted by molar-refractivity contribution is 5.80.